The molecule has 1 aromatic heterocycles. The Balaban J connectivity index is 2.08. The summed E-state index contributed by atoms with van der Waals surface area (Å²) in [4.78, 5) is 10.7. The minimum atomic E-state index is -5.06. The number of nitrogens with zero attached hydrogens (tertiary/aromatic N) is 3. The summed E-state index contributed by atoms with van der Waals surface area (Å²) in [5.74, 6) is -3.65. The summed E-state index contributed by atoms with van der Waals surface area (Å²) in [5, 5.41) is 8.48. The summed E-state index contributed by atoms with van der Waals surface area (Å²) >= 11 is 0. The Morgan fingerprint density at radius 1 is 1.16 bits per heavy atom. The number of amides is 1. The average molecular weight is 370 g/mol. The summed E-state index contributed by atoms with van der Waals surface area (Å²) in [6, 6.07) is 2.71. The van der Waals surface area contributed by atoms with Gasteiger partial charge in [-0.25, -0.2) is 9.07 Å². The van der Waals surface area contributed by atoms with Crippen LogP contribution in [0.2, 0.25) is 0 Å². The number of carbonyl (C=O) groups is 1. The van der Waals surface area contributed by atoms with Gasteiger partial charge in [0.05, 0.1) is 24.8 Å². The predicted octanol–water partition coefficient (Wildman–Crippen LogP) is 2.66. The lowest BCUT2D eigenvalue weighted by Gasteiger charge is -2.10. The van der Waals surface area contributed by atoms with E-state index in [0.29, 0.717) is 6.07 Å². The van der Waals surface area contributed by atoms with E-state index in [9.17, 15) is 35.5 Å². The van der Waals surface area contributed by atoms with Crippen LogP contribution in [-0.4, -0.2) is 27.1 Å². The highest BCUT2D eigenvalue weighted by atomic mass is 19.4. The molecule has 136 valence electrons. The molecular weight excluding hydrogens is 361 g/mol. The van der Waals surface area contributed by atoms with E-state index in [1.54, 1.807) is 5.32 Å². The van der Waals surface area contributed by atoms with E-state index in [-0.39, 0.29) is 11.3 Å². The van der Waals surface area contributed by atoms with E-state index in [0.717, 1.165) is 23.0 Å². The molecule has 0 saturated heterocycles. The lowest BCUT2D eigenvalue weighted by Crippen LogP contribution is -2.36. The minimum Gasteiger partial charge on any atom is -0.342 e. The van der Waals surface area contributed by atoms with Crippen LogP contribution in [0.25, 0.3) is 0 Å². The highest BCUT2D eigenvalue weighted by molar-refractivity contribution is 5.81. The largest absolute Gasteiger partial charge is 0.471 e. The number of benzene rings is 1. The van der Waals surface area contributed by atoms with Crippen molar-refractivity contribution in [3.63, 3.8) is 0 Å². The fourth-order valence-electron chi connectivity index (χ4n) is 1.86. The lowest BCUT2D eigenvalue weighted by atomic mass is 10.1. The van der Waals surface area contributed by atoms with Crippen LogP contribution in [-0.2, 0) is 24.1 Å². The van der Waals surface area contributed by atoms with Gasteiger partial charge < -0.3 is 5.32 Å². The van der Waals surface area contributed by atoms with Gasteiger partial charge in [-0.15, -0.1) is 5.10 Å². The number of aromatic nitrogens is 3. The molecule has 25 heavy (non-hydrogen) atoms. The zero-order valence-corrected chi connectivity index (χ0v) is 12.1. The number of rotatable bonds is 4. The van der Waals surface area contributed by atoms with E-state index in [4.69, 9.17) is 0 Å². The Kier molecular flexibility index (Phi) is 4.99. The molecule has 0 aliphatic rings. The van der Waals surface area contributed by atoms with E-state index in [2.05, 4.69) is 10.3 Å². The molecule has 0 bridgehead atoms. The molecule has 0 radical (unpaired) electrons. The van der Waals surface area contributed by atoms with Gasteiger partial charge in [0.25, 0.3) is 0 Å². The molecule has 0 atom stereocenters. The van der Waals surface area contributed by atoms with Gasteiger partial charge >= 0.3 is 18.3 Å². The molecule has 0 saturated carbocycles. The van der Waals surface area contributed by atoms with Crippen LogP contribution in [0.1, 0.15) is 16.8 Å². The SMILES string of the molecule is O=C(NCc1cn(Cc2cccc(C(F)(F)F)c2F)nn1)C(F)(F)F. The molecule has 0 spiro atoms. The number of halogens is 7. The Labute approximate surface area is 135 Å². The van der Waals surface area contributed by atoms with Crippen molar-refractivity contribution in [3.05, 3.63) is 47.0 Å². The van der Waals surface area contributed by atoms with Gasteiger partial charge in [-0.2, -0.15) is 26.3 Å². The van der Waals surface area contributed by atoms with E-state index >= 15 is 0 Å². The lowest BCUT2D eigenvalue weighted by molar-refractivity contribution is -0.173. The second kappa shape index (κ2) is 6.69. The quantitative estimate of drug-likeness (QED) is 0.842. The Morgan fingerprint density at radius 3 is 2.44 bits per heavy atom. The van der Waals surface area contributed by atoms with Crippen LogP contribution in [0, 0.1) is 5.82 Å². The van der Waals surface area contributed by atoms with Crippen molar-refractivity contribution in [2.75, 3.05) is 0 Å². The first-order valence-electron chi connectivity index (χ1n) is 6.57. The Hall–Kier alpha value is -2.66. The van der Waals surface area contributed by atoms with Crippen LogP contribution in [0.3, 0.4) is 0 Å². The zero-order chi connectivity index (χ0) is 18.8. The van der Waals surface area contributed by atoms with Gasteiger partial charge in [-0.05, 0) is 6.07 Å². The van der Waals surface area contributed by atoms with Crippen molar-refractivity contribution in [3.8, 4) is 0 Å². The molecule has 1 N–H and O–H groups in total. The number of hydrogen-bond donors (Lipinski definition) is 1. The minimum absolute atomic E-state index is 0.0787. The van der Waals surface area contributed by atoms with E-state index in [1.807, 2.05) is 0 Å². The third-order valence-electron chi connectivity index (χ3n) is 2.99. The number of hydrogen-bond acceptors (Lipinski definition) is 3. The molecule has 0 fully saturated rings. The van der Waals surface area contributed by atoms with Gasteiger partial charge in [0, 0.05) is 5.56 Å². The summed E-state index contributed by atoms with van der Waals surface area (Å²) in [7, 11) is 0. The maximum atomic E-state index is 13.9. The van der Waals surface area contributed by atoms with Crippen LogP contribution in [0.4, 0.5) is 30.7 Å². The van der Waals surface area contributed by atoms with Crippen molar-refractivity contribution in [2.45, 2.75) is 25.4 Å². The Bertz CT molecular complexity index is 766. The van der Waals surface area contributed by atoms with Crippen molar-refractivity contribution < 1.29 is 35.5 Å². The monoisotopic (exact) mass is 370 g/mol. The fourth-order valence-corrected chi connectivity index (χ4v) is 1.86. The first kappa shape index (κ1) is 18.7. The topological polar surface area (TPSA) is 59.8 Å². The van der Waals surface area contributed by atoms with Crippen LogP contribution < -0.4 is 5.32 Å². The second-order valence-corrected chi connectivity index (χ2v) is 4.86. The first-order valence-corrected chi connectivity index (χ1v) is 6.57. The van der Waals surface area contributed by atoms with Gasteiger partial charge in [0.15, 0.2) is 0 Å². The maximum absolute atomic E-state index is 13.9. The predicted molar refractivity (Wildman–Crippen MR) is 68.4 cm³/mol. The molecule has 2 rings (SSSR count). The zero-order valence-electron chi connectivity index (χ0n) is 12.1. The molecule has 5 nitrogen and oxygen atoms in total. The fraction of sp³-hybridized carbons (Fsp3) is 0.308. The molecule has 0 aliphatic carbocycles. The summed E-state index contributed by atoms with van der Waals surface area (Å²) < 4.78 is 88.8. The van der Waals surface area contributed by atoms with E-state index in [1.165, 1.54) is 0 Å². The third-order valence-corrected chi connectivity index (χ3v) is 2.99. The number of nitrogens with one attached hydrogen (secondary N) is 1. The first-order chi connectivity index (χ1) is 11.5. The van der Waals surface area contributed by atoms with Gasteiger partial charge in [-0.1, -0.05) is 17.3 Å². The molecule has 0 aliphatic heterocycles. The van der Waals surface area contributed by atoms with Crippen molar-refractivity contribution >= 4 is 5.91 Å². The highest BCUT2D eigenvalue weighted by Gasteiger charge is 2.38. The molecule has 1 amide bonds. The normalized spacial score (nSPS) is 12.3. The maximum Gasteiger partial charge on any atom is 0.471 e. The molecule has 2 aromatic rings. The average Bonchev–Trinajstić information content (AvgIpc) is 2.92. The second-order valence-electron chi connectivity index (χ2n) is 4.86. The standard InChI is InChI=1S/C13H9F7N4O/c14-10-7(2-1-3-9(10)12(15,16)17)5-24-6-8(22-23-24)4-21-11(25)13(18,19)20/h1-3,6H,4-5H2,(H,21,25). The Morgan fingerprint density at radius 2 is 1.84 bits per heavy atom. The highest BCUT2D eigenvalue weighted by Crippen LogP contribution is 2.32. The van der Waals surface area contributed by atoms with Gasteiger partial charge in [-0.3, -0.25) is 4.79 Å². The third kappa shape index (κ3) is 4.67. The van der Waals surface area contributed by atoms with Crippen LogP contribution in [0.5, 0.6) is 0 Å². The summed E-state index contributed by atoms with van der Waals surface area (Å²) in [6.07, 6.45) is -8.84. The summed E-state index contributed by atoms with van der Waals surface area (Å²) in [5.41, 5.74) is -1.85. The molecule has 1 aromatic carbocycles. The summed E-state index contributed by atoms with van der Waals surface area (Å²) in [6.45, 7) is -1.01. The van der Waals surface area contributed by atoms with Gasteiger partial charge in [0.2, 0.25) is 0 Å². The van der Waals surface area contributed by atoms with Crippen molar-refractivity contribution in [2.24, 2.45) is 0 Å². The molecule has 12 heteroatoms. The van der Waals surface area contributed by atoms with Crippen LogP contribution >= 0.6 is 0 Å². The molecule has 1 heterocycles. The van der Waals surface area contributed by atoms with Crippen LogP contribution in [0.15, 0.2) is 24.4 Å². The van der Waals surface area contributed by atoms with Crippen molar-refractivity contribution in [1.29, 1.82) is 0 Å². The van der Waals surface area contributed by atoms with Crippen molar-refractivity contribution in [1.82, 2.24) is 20.3 Å². The smallest absolute Gasteiger partial charge is 0.342 e. The molecule has 0 unspecified atom stereocenters. The van der Waals surface area contributed by atoms with E-state index < -0.39 is 42.7 Å². The number of alkyl halides is 6. The van der Waals surface area contributed by atoms with Gasteiger partial charge in [0.1, 0.15) is 11.5 Å². The number of carbonyl (C=O) groups excluding carboxylic acids is 1. The molecular formula is C13H9F7N4O.